The summed E-state index contributed by atoms with van der Waals surface area (Å²) in [7, 11) is 0. The van der Waals surface area contributed by atoms with Gasteiger partial charge in [-0.15, -0.1) is 0 Å². The third-order valence-electron chi connectivity index (χ3n) is 16.9. The fourth-order valence-corrected chi connectivity index (χ4v) is 13.7. The van der Waals surface area contributed by atoms with Crippen LogP contribution in [0.5, 0.6) is 0 Å². The van der Waals surface area contributed by atoms with Gasteiger partial charge in [-0.2, -0.15) is 0 Å². The molecule has 0 radical (unpaired) electrons. The Kier molecular flexibility index (Phi) is 9.49. The monoisotopic (exact) mass is 907 g/mol. The summed E-state index contributed by atoms with van der Waals surface area (Å²) in [6.07, 6.45) is 15.8. The molecule has 1 atom stereocenters. The Labute approximate surface area is 416 Å². The molecule has 338 valence electrons. The summed E-state index contributed by atoms with van der Waals surface area (Å²) in [6, 6.07) is 78.0. The maximum atomic E-state index is 2.53. The van der Waals surface area contributed by atoms with Crippen molar-refractivity contribution in [2.75, 3.05) is 4.90 Å². The summed E-state index contributed by atoms with van der Waals surface area (Å²) in [5, 5.41) is 10.5. The van der Waals surface area contributed by atoms with Crippen molar-refractivity contribution in [2.45, 2.75) is 50.4 Å². The van der Waals surface area contributed by atoms with Crippen LogP contribution in [0.1, 0.15) is 78.5 Å². The minimum Gasteiger partial charge on any atom is -0.310 e. The maximum Gasteiger partial charge on any atom is 0.0676 e. The molecule has 3 aliphatic rings. The molecule has 71 heavy (non-hydrogen) atoms. The van der Waals surface area contributed by atoms with Crippen LogP contribution < -0.4 is 4.90 Å². The van der Waals surface area contributed by atoms with Gasteiger partial charge in [0.15, 0.2) is 0 Å². The molecule has 0 aliphatic heterocycles. The van der Waals surface area contributed by atoms with E-state index in [-0.39, 0.29) is 10.8 Å². The van der Waals surface area contributed by atoms with E-state index in [0.29, 0.717) is 0 Å². The first kappa shape index (κ1) is 41.7. The molecule has 11 aromatic carbocycles. The molecule has 0 N–H and O–H groups in total. The number of hydrogen-bond acceptors (Lipinski definition) is 1. The SMILES string of the molecule is CCC1(CC)c2cc(/C=C/c3cccc4c3-c3ccccc3C4(C3=CC=CCC3)c3ccccc3)ccc2-c2ccc(N(c3ccccc3)c3ccc4c5cccc6cccc(c7cccc3c74)c65)cc21. The van der Waals surface area contributed by atoms with Gasteiger partial charge in [-0.05, 0) is 155 Å². The number of fused-ring (bicyclic) bond motifs is 8. The van der Waals surface area contributed by atoms with Crippen LogP contribution in [0.3, 0.4) is 0 Å². The highest BCUT2D eigenvalue weighted by Crippen LogP contribution is 2.59. The molecule has 11 aromatic rings. The van der Waals surface area contributed by atoms with E-state index < -0.39 is 0 Å². The molecular weight excluding hydrogens is 855 g/mol. The zero-order chi connectivity index (χ0) is 47.3. The molecule has 1 unspecified atom stereocenters. The van der Waals surface area contributed by atoms with Gasteiger partial charge in [0, 0.05) is 22.2 Å². The van der Waals surface area contributed by atoms with E-state index in [4.69, 9.17) is 0 Å². The fraction of sp³-hybridized carbons (Fsp3) is 0.114. The summed E-state index contributed by atoms with van der Waals surface area (Å²) in [4.78, 5) is 2.50. The first-order chi connectivity index (χ1) is 35.1. The average Bonchev–Trinajstić information content (AvgIpc) is 3.90. The normalized spacial score (nSPS) is 16.5. The van der Waals surface area contributed by atoms with E-state index in [9.17, 15) is 0 Å². The predicted octanol–water partition coefficient (Wildman–Crippen LogP) is 19.1. The third kappa shape index (κ3) is 5.93. The van der Waals surface area contributed by atoms with Crippen molar-refractivity contribution in [2.24, 2.45) is 0 Å². The summed E-state index contributed by atoms with van der Waals surface area (Å²) in [6.45, 7) is 4.77. The summed E-state index contributed by atoms with van der Waals surface area (Å²) >= 11 is 0. The molecule has 0 spiro atoms. The van der Waals surface area contributed by atoms with Crippen LogP contribution >= 0.6 is 0 Å². The van der Waals surface area contributed by atoms with E-state index in [1.165, 1.54) is 121 Å². The van der Waals surface area contributed by atoms with Gasteiger partial charge < -0.3 is 4.90 Å². The van der Waals surface area contributed by atoms with Crippen LogP contribution in [0.4, 0.5) is 17.1 Å². The minimum absolute atomic E-state index is 0.139. The quantitative estimate of drug-likeness (QED) is 0.0792. The van der Waals surface area contributed by atoms with Crippen molar-refractivity contribution in [3.05, 3.63) is 269 Å². The number of benzene rings is 11. The molecule has 0 aromatic heterocycles. The smallest absolute Gasteiger partial charge is 0.0676 e. The molecule has 0 saturated heterocycles. The van der Waals surface area contributed by atoms with Crippen LogP contribution in [-0.2, 0) is 10.8 Å². The van der Waals surface area contributed by atoms with Crippen molar-refractivity contribution in [1.29, 1.82) is 0 Å². The first-order valence-electron chi connectivity index (χ1n) is 25.7. The molecule has 0 fully saturated rings. The summed E-state index contributed by atoms with van der Waals surface area (Å²) in [5.41, 5.74) is 19.3. The number of allylic oxidation sites excluding steroid dienone is 4. The lowest BCUT2D eigenvalue weighted by Gasteiger charge is -2.36. The minimum atomic E-state index is -0.340. The lowest BCUT2D eigenvalue weighted by Crippen LogP contribution is -2.30. The fourth-order valence-electron chi connectivity index (χ4n) is 13.7. The van der Waals surface area contributed by atoms with Gasteiger partial charge in [-0.3, -0.25) is 0 Å². The Hall–Kier alpha value is -8.26. The molecular formula is C70H53N. The topological polar surface area (TPSA) is 3.24 Å². The van der Waals surface area contributed by atoms with Gasteiger partial charge >= 0.3 is 0 Å². The lowest BCUT2D eigenvalue weighted by atomic mass is 9.65. The Morgan fingerprint density at radius 2 is 1.13 bits per heavy atom. The highest BCUT2D eigenvalue weighted by molar-refractivity contribution is 6.34. The van der Waals surface area contributed by atoms with Crippen LogP contribution in [0.15, 0.2) is 230 Å². The van der Waals surface area contributed by atoms with Crippen molar-refractivity contribution >= 4 is 72.3 Å². The summed E-state index contributed by atoms with van der Waals surface area (Å²) in [5.74, 6) is 0. The first-order valence-corrected chi connectivity index (χ1v) is 25.7. The Morgan fingerprint density at radius 1 is 0.479 bits per heavy atom. The highest BCUT2D eigenvalue weighted by Gasteiger charge is 2.47. The molecule has 0 heterocycles. The Morgan fingerprint density at radius 3 is 1.89 bits per heavy atom. The standard InChI is InChI=1S/C70H53N/c1-3-69(4-2)63-44-46(36-38-48-22-18-35-62-67(48)59-29-14-15-34-61(59)70(62,49-23-8-5-9-24-49)50-25-10-6-11-26-50)37-40-53(63)54-41-39-52(45-64(54)69)71(51-27-12-7-13-28-51)65-43-42-58-56-31-17-21-47-20-16-30-55(66(47)56)57-32-19-33-60(65)68(57)58/h5-10,12-25,27-45H,3-4,11,26H2,1-2H3/b38-36+. The maximum absolute atomic E-state index is 2.53. The number of rotatable bonds is 9. The van der Waals surface area contributed by atoms with E-state index in [1.54, 1.807) is 0 Å². The number of nitrogens with zero attached hydrogens (tertiary/aromatic N) is 1. The zero-order valence-electron chi connectivity index (χ0n) is 40.3. The largest absolute Gasteiger partial charge is 0.310 e. The van der Waals surface area contributed by atoms with Gasteiger partial charge in [0.05, 0.1) is 11.1 Å². The molecule has 0 saturated carbocycles. The van der Waals surface area contributed by atoms with Crippen molar-refractivity contribution < 1.29 is 0 Å². The van der Waals surface area contributed by atoms with Crippen LogP contribution in [0.2, 0.25) is 0 Å². The van der Waals surface area contributed by atoms with E-state index in [1.807, 2.05) is 0 Å². The zero-order valence-corrected chi connectivity index (χ0v) is 40.3. The van der Waals surface area contributed by atoms with Crippen LogP contribution in [-0.4, -0.2) is 0 Å². The van der Waals surface area contributed by atoms with Gasteiger partial charge in [0.2, 0.25) is 0 Å². The van der Waals surface area contributed by atoms with Crippen molar-refractivity contribution in [3.8, 4) is 22.3 Å². The van der Waals surface area contributed by atoms with E-state index in [2.05, 4.69) is 255 Å². The molecule has 0 bridgehead atoms. The highest BCUT2D eigenvalue weighted by atomic mass is 15.1. The van der Waals surface area contributed by atoms with Gasteiger partial charge in [-0.1, -0.05) is 226 Å². The van der Waals surface area contributed by atoms with Crippen LogP contribution in [0, 0.1) is 0 Å². The van der Waals surface area contributed by atoms with Gasteiger partial charge in [0.25, 0.3) is 0 Å². The summed E-state index contributed by atoms with van der Waals surface area (Å²) < 4.78 is 0. The molecule has 1 heteroatoms. The van der Waals surface area contributed by atoms with E-state index in [0.717, 1.165) is 31.4 Å². The Balaban J connectivity index is 0.884. The molecule has 1 nitrogen and oxygen atoms in total. The predicted molar refractivity (Wildman–Crippen MR) is 303 cm³/mol. The second-order valence-electron chi connectivity index (χ2n) is 20.0. The second-order valence-corrected chi connectivity index (χ2v) is 20.0. The number of para-hydroxylation sites is 1. The number of hydrogen-bond donors (Lipinski definition) is 0. The van der Waals surface area contributed by atoms with Crippen molar-refractivity contribution in [1.82, 2.24) is 0 Å². The van der Waals surface area contributed by atoms with Gasteiger partial charge in [0.1, 0.15) is 0 Å². The van der Waals surface area contributed by atoms with Gasteiger partial charge in [-0.25, -0.2) is 0 Å². The second kappa shape index (κ2) is 16.2. The molecule has 3 aliphatic carbocycles. The number of anilines is 3. The molecule has 14 rings (SSSR count). The van der Waals surface area contributed by atoms with Crippen molar-refractivity contribution in [3.63, 3.8) is 0 Å². The average molecular weight is 908 g/mol. The molecule has 0 amide bonds. The third-order valence-corrected chi connectivity index (χ3v) is 16.9. The van der Waals surface area contributed by atoms with E-state index >= 15 is 0 Å². The van der Waals surface area contributed by atoms with Crippen LogP contribution in [0.25, 0.3) is 77.5 Å². The Bertz CT molecular complexity index is 3960. The lowest BCUT2D eigenvalue weighted by molar-refractivity contribution is 0.490.